The molecule has 0 spiro atoms. The van der Waals surface area contributed by atoms with Crippen molar-refractivity contribution in [1.29, 1.82) is 0 Å². The lowest BCUT2D eigenvalue weighted by Crippen LogP contribution is -2.39. The van der Waals surface area contributed by atoms with Gasteiger partial charge in [-0.05, 0) is 19.4 Å². The molecule has 0 radical (unpaired) electrons. The van der Waals surface area contributed by atoms with Crippen LogP contribution in [-0.4, -0.2) is 26.9 Å². The van der Waals surface area contributed by atoms with Crippen molar-refractivity contribution in [1.82, 2.24) is 10.0 Å². The molecule has 1 aliphatic heterocycles. The SMILES string of the molecule is O=C(N[SH](=O)=O)[C@@H]1CCCN1. The predicted molar refractivity (Wildman–Crippen MR) is 39.5 cm³/mol. The molecule has 0 aliphatic carbocycles. The van der Waals surface area contributed by atoms with E-state index in [1.807, 2.05) is 4.72 Å². The molecular formula is C5H10N2O3S. The van der Waals surface area contributed by atoms with Gasteiger partial charge in [-0.25, -0.2) is 8.42 Å². The Hall–Kier alpha value is -0.620. The van der Waals surface area contributed by atoms with Crippen LogP contribution in [-0.2, 0) is 15.7 Å². The molecule has 0 saturated carbocycles. The quantitative estimate of drug-likeness (QED) is 0.444. The first-order valence-electron chi connectivity index (χ1n) is 3.38. The molecule has 5 nitrogen and oxygen atoms in total. The summed E-state index contributed by atoms with van der Waals surface area (Å²) in [5.74, 6) is -0.446. The minimum Gasteiger partial charge on any atom is -0.306 e. The second-order valence-electron chi connectivity index (χ2n) is 2.38. The van der Waals surface area contributed by atoms with Crippen molar-refractivity contribution in [3.8, 4) is 0 Å². The Labute approximate surface area is 66.2 Å². The zero-order chi connectivity index (χ0) is 8.27. The Bertz CT molecular complexity index is 212. The van der Waals surface area contributed by atoms with Crippen molar-refractivity contribution < 1.29 is 13.2 Å². The normalized spacial score (nSPS) is 23.9. The summed E-state index contributed by atoms with van der Waals surface area (Å²) >= 11 is 0. The lowest BCUT2D eigenvalue weighted by Gasteiger charge is -2.05. The van der Waals surface area contributed by atoms with Crippen molar-refractivity contribution in [2.75, 3.05) is 6.54 Å². The molecule has 1 rings (SSSR count). The molecule has 1 amide bonds. The monoisotopic (exact) mass is 178 g/mol. The third-order valence-corrected chi connectivity index (χ3v) is 1.98. The standard InChI is InChI=1S/C5H10N2O3S/c8-5(7-11(9)10)4-2-1-3-6-4/h4,6,11H,1-3H2,(H,7,8,9,10)/t4-/m0/s1. The number of thiol groups is 1. The molecule has 0 unspecified atom stereocenters. The maximum Gasteiger partial charge on any atom is 0.250 e. The fourth-order valence-electron chi connectivity index (χ4n) is 1.08. The van der Waals surface area contributed by atoms with E-state index in [0.717, 1.165) is 19.4 Å². The Morgan fingerprint density at radius 2 is 2.27 bits per heavy atom. The Kier molecular flexibility index (Phi) is 2.84. The highest BCUT2D eigenvalue weighted by molar-refractivity contribution is 7.71. The molecular weight excluding hydrogens is 168 g/mol. The summed E-state index contributed by atoms with van der Waals surface area (Å²) in [6.07, 6.45) is 1.64. The molecule has 0 aromatic carbocycles. The van der Waals surface area contributed by atoms with Crippen LogP contribution in [0.1, 0.15) is 12.8 Å². The summed E-state index contributed by atoms with van der Waals surface area (Å²) in [4.78, 5) is 10.9. The molecule has 1 heterocycles. The van der Waals surface area contributed by atoms with Crippen molar-refractivity contribution in [3.05, 3.63) is 0 Å². The summed E-state index contributed by atoms with van der Waals surface area (Å²) in [5, 5.41) is 2.88. The van der Waals surface area contributed by atoms with Gasteiger partial charge in [0.15, 0.2) is 0 Å². The van der Waals surface area contributed by atoms with Crippen molar-refractivity contribution in [3.63, 3.8) is 0 Å². The van der Waals surface area contributed by atoms with E-state index in [2.05, 4.69) is 5.32 Å². The molecule has 1 aliphatic rings. The number of nitrogens with one attached hydrogen (secondary N) is 2. The first-order valence-corrected chi connectivity index (χ1v) is 4.56. The molecule has 11 heavy (non-hydrogen) atoms. The van der Waals surface area contributed by atoms with Gasteiger partial charge in [0, 0.05) is 0 Å². The predicted octanol–water partition coefficient (Wildman–Crippen LogP) is -1.62. The number of hydrogen-bond donors (Lipinski definition) is 3. The summed E-state index contributed by atoms with van der Waals surface area (Å²) in [6, 6.07) is -0.317. The number of carbonyl (C=O) groups excluding carboxylic acids is 1. The Morgan fingerprint density at radius 1 is 1.55 bits per heavy atom. The Balaban J connectivity index is 2.40. The van der Waals surface area contributed by atoms with Gasteiger partial charge in [-0.1, -0.05) is 0 Å². The minimum absolute atomic E-state index is 0.317. The maximum atomic E-state index is 10.9. The first kappa shape index (κ1) is 8.48. The van der Waals surface area contributed by atoms with Crippen molar-refractivity contribution in [2.45, 2.75) is 18.9 Å². The van der Waals surface area contributed by atoms with E-state index in [1.165, 1.54) is 0 Å². The van der Waals surface area contributed by atoms with Crippen LogP contribution in [0.3, 0.4) is 0 Å². The van der Waals surface area contributed by atoms with E-state index in [1.54, 1.807) is 0 Å². The number of rotatable bonds is 2. The highest BCUT2D eigenvalue weighted by atomic mass is 32.2. The third kappa shape index (κ3) is 2.47. The lowest BCUT2D eigenvalue weighted by atomic mass is 10.2. The van der Waals surface area contributed by atoms with Gasteiger partial charge in [-0.2, -0.15) is 0 Å². The average Bonchev–Trinajstić information content (AvgIpc) is 2.35. The maximum absolute atomic E-state index is 10.9. The van der Waals surface area contributed by atoms with Crippen LogP contribution in [0.25, 0.3) is 0 Å². The molecule has 0 bridgehead atoms. The number of hydrogen-bond acceptors (Lipinski definition) is 4. The van der Waals surface area contributed by atoms with Gasteiger partial charge in [0.2, 0.25) is 16.8 Å². The zero-order valence-corrected chi connectivity index (χ0v) is 6.77. The highest BCUT2D eigenvalue weighted by Gasteiger charge is 2.21. The fraction of sp³-hybridized carbons (Fsp3) is 0.800. The van der Waals surface area contributed by atoms with Gasteiger partial charge < -0.3 is 5.32 Å². The van der Waals surface area contributed by atoms with Gasteiger partial charge in [0.1, 0.15) is 0 Å². The zero-order valence-electron chi connectivity index (χ0n) is 5.87. The summed E-state index contributed by atoms with van der Waals surface area (Å²) in [5.41, 5.74) is 0. The molecule has 64 valence electrons. The van der Waals surface area contributed by atoms with Crippen LogP contribution < -0.4 is 10.0 Å². The first-order chi connectivity index (χ1) is 5.20. The molecule has 0 aromatic heterocycles. The lowest BCUT2D eigenvalue weighted by molar-refractivity contribution is -0.120. The summed E-state index contributed by atoms with van der Waals surface area (Å²) in [6.45, 7) is 0.785. The summed E-state index contributed by atoms with van der Waals surface area (Å²) < 4.78 is 21.9. The van der Waals surface area contributed by atoms with Crippen LogP contribution in [0.4, 0.5) is 0 Å². The molecule has 6 heteroatoms. The molecule has 1 saturated heterocycles. The smallest absolute Gasteiger partial charge is 0.250 e. The fourth-order valence-corrected chi connectivity index (χ4v) is 1.41. The van der Waals surface area contributed by atoms with E-state index in [4.69, 9.17) is 0 Å². The van der Waals surface area contributed by atoms with Crippen LogP contribution in [0.15, 0.2) is 0 Å². The highest BCUT2D eigenvalue weighted by Crippen LogP contribution is 2.03. The molecule has 1 fully saturated rings. The van der Waals surface area contributed by atoms with Gasteiger partial charge in [-0.3, -0.25) is 9.52 Å². The molecule has 0 aromatic rings. The van der Waals surface area contributed by atoms with Gasteiger partial charge in [-0.15, -0.1) is 0 Å². The van der Waals surface area contributed by atoms with Crippen molar-refractivity contribution in [2.24, 2.45) is 0 Å². The molecule has 1 atom stereocenters. The van der Waals surface area contributed by atoms with E-state index >= 15 is 0 Å². The number of carbonyl (C=O) groups is 1. The van der Waals surface area contributed by atoms with Gasteiger partial charge in [0.05, 0.1) is 6.04 Å². The number of amides is 1. The van der Waals surface area contributed by atoms with Gasteiger partial charge in [0.25, 0.3) is 0 Å². The topological polar surface area (TPSA) is 75.3 Å². The van der Waals surface area contributed by atoms with E-state index in [0.29, 0.717) is 0 Å². The average molecular weight is 178 g/mol. The second-order valence-corrected chi connectivity index (χ2v) is 3.12. The second kappa shape index (κ2) is 3.68. The van der Waals surface area contributed by atoms with E-state index in [-0.39, 0.29) is 6.04 Å². The largest absolute Gasteiger partial charge is 0.306 e. The van der Waals surface area contributed by atoms with Crippen LogP contribution in [0.2, 0.25) is 0 Å². The van der Waals surface area contributed by atoms with Crippen LogP contribution >= 0.6 is 0 Å². The van der Waals surface area contributed by atoms with Crippen molar-refractivity contribution >= 4 is 16.8 Å². The third-order valence-electron chi connectivity index (χ3n) is 1.58. The summed E-state index contributed by atoms with van der Waals surface area (Å²) in [7, 11) is -2.80. The van der Waals surface area contributed by atoms with E-state index < -0.39 is 16.8 Å². The van der Waals surface area contributed by atoms with Gasteiger partial charge >= 0.3 is 0 Å². The minimum atomic E-state index is -2.80. The Morgan fingerprint density at radius 3 is 2.73 bits per heavy atom. The van der Waals surface area contributed by atoms with Crippen LogP contribution in [0, 0.1) is 0 Å². The molecule has 2 N–H and O–H groups in total. The van der Waals surface area contributed by atoms with Crippen LogP contribution in [0.5, 0.6) is 0 Å². The van der Waals surface area contributed by atoms with E-state index in [9.17, 15) is 13.2 Å².